The molecule has 0 aliphatic carbocycles. The van der Waals surface area contributed by atoms with Crippen molar-refractivity contribution in [3.05, 3.63) is 71.1 Å². The Morgan fingerprint density at radius 3 is 2.73 bits per heavy atom. The molecule has 0 spiro atoms. The monoisotopic (exact) mass is 485 g/mol. The molecule has 0 atom stereocenters. The standard InChI is InChI=1S/C23H23N3O5S2/c1-26-21(22(27)16-6-4-5-7-19(16)33-26)23(28)24-20-11-15(31-25-20)13-32-12-14-8-9-17(29-2)18(10-14)30-3/h4-11,27H,12-13H2,1-3H3,(H,24,25,28). The summed E-state index contributed by atoms with van der Waals surface area (Å²) in [5.41, 5.74) is 1.87. The van der Waals surface area contributed by atoms with E-state index in [0.29, 0.717) is 34.4 Å². The number of thioether (sulfide) groups is 1. The highest BCUT2D eigenvalue weighted by atomic mass is 32.2. The first-order valence-electron chi connectivity index (χ1n) is 10.00. The van der Waals surface area contributed by atoms with Gasteiger partial charge in [-0.25, -0.2) is 0 Å². The molecule has 3 aromatic rings. The van der Waals surface area contributed by atoms with E-state index in [0.717, 1.165) is 16.2 Å². The van der Waals surface area contributed by atoms with E-state index in [1.165, 1.54) is 11.9 Å². The van der Waals surface area contributed by atoms with E-state index in [1.54, 1.807) is 49.5 Å². The molecule has 1 aromatic heterocycles. The van der Waals surface area contributed by atoms with Crippen molar-refractivity contribution in [3.63, 3.8) is 0 Å². The zero-order chi connectivity index (χ0) is 23.4. The summed E-state index contributed by atoms with van der Waals surface area (Å²) in [5.74, 6) is 3.08. The van der Waals surface area contributed by atoms with E-state index in [9.17, 15) is 9.90 Å². The fraction of sp³-hybridized carbons (Fsp3) is 0.217. The molecule has 0 saturated heterocycles. The van der Waals surface area contributed by atoms with Gasteiger partial charge in [-0.05, 0) is 41.8 Å². The molecular formula is C23H23N3O5S2. The normalized spacial score (nSPS) is 13.0. The molecule has 4 rings (SSSR count). The number of nitrogens with one attached hydrogen (secondary N) is 1. The number of carbonyl (C=O) groups excluding carboxylic acids is 1. The highest BCUT2D eigenvalue weighted by Gasteiger charge is 2.28. The molecule has 0 saturated carbocycles. The summed E-state index contributed by atoms with van der Waals surface area (Å²) < 4.78 is 17.6. The van der Waals surface area contributed by atoms with E-state index < -0.39 is 5.91 Å². The number of aliphatic hydroxyl groups is 1. The van der Waals surface area contributed by atoms with Crippen LogP contribution in [0.5, 0.6) is 11.5 Å². The Bertz CT molecular complexity index is 1190. The quantitative estimate of drug-likeness (QED) is 0.430. The van der Waals surface area contributed by atoms with Crippen molar-refractivity contribution in [2.24, 2.45) is 0 Å². The minimum absolute atomic E-state index is 0.0708. The number of hydrogen-bond acceptors (Lipinski definition) is 9. The van der Waals surface area contributed by atoms with Crippen molar-refractivity contribution in [2.75, 3.05) is 26.6 Å². The molecule has 0 fully saturated rings. The Labute approximate surface area is 200 Å². The Kier molecular flexibility index (Phi) is 7.05. The number of fused-ring (bicyclic) bond motifs is 1. The van der Waals surface area contributed by atoms with Crippen molar-refractivity contribution < 1.29 is 23.9 Å². The lowest BCUT2D eigenvalue weighted by Crippen LogP contribution is -2.27. The third-order valence-corrected chi connectivity index (χ3v) is 6.93. The van der Waals surface area contributed by atoms with Crippen molar-refractivity contribution in [1.82, 2.24) is 9.46 Å². The lowest BCUT2D eigenvalue weighted by atomic mass is 10.1. The predicted molar refractivity (Wildman–Crippen MR) is 129 cm³/mol. The Balaban J connectivity index is 1.37. The molecule has 2 N–H and O–H groups in total. The molecule has 10 heteroatoms. The molecule has 1 aliphatic heterocycles. The van der Waals surface area contributed by atoms with Crippen LogP contribution in [0.15, 0.2) is 63.6 Å². The van der Waals surface area contributed by atoms with E-state index in [-0.39, 0.29) is 11.5 Å². The topological polar surface area (TPSA) is 97.1 Å². The van der Waals surface area contributed by atoms with Crippen LogP contribution in [0.25, 0.3) is 5.76 Å². The number of hydrogen-bond donors (Lipinski definition) is 2. The van der Waals surface area contributed by atoms with Crippen LogP contribution in [-0.2, 0) is 16.3 Å². The van der Waals surface area contributed by atoms with Gasteiger partial charge in [-0.15, -0.1) is 11.8 Å². The maximum absolute atomic E-state index is 12.8. The number of aliphatic hydroxyl groups excluding tert-OH is 1. The van der Waals surface area contributed by atoms with Gasteiger partial charge in [0.25, 0.3) is 5.91 Å². The SMILES string of the molecule is COc1ccc(CSCc2cc(NC(=O)C3=C(O)c4ccccc4SN3C)no2)cc1OC. The van der Waals surface area contributed by atoms with Gasteiger partial charge in [0, 0.05) is 29.3 Å². The summed E-state index contributed by atoms with van der Waals surface area (Å²) in [6.45, 7) is 0. The number of methoxy groups -OCH3 is 2. The molecule has 172 valence electrons. The fourth-order valence-electron chi connectivity index (χ4n) is 3.32. The first-order valence-corrected chi connectivity index (χ1v) is 11.9. The second kappa shape index (κ2) is 10.1. The fourth-order valence-corrected chi connectivity index (χ4v) is 5.13. The number of ether oxygens (including phenoxy) is 2. The number of carbonyl (C=O) groups is 1. The van der Waals surface area contributed by atoms with Gasteiger partial charge in [-0.1, -0.05) is 23.4 Å². The van der Waals surface area contributed by atoms with Crippen molar-refractivity contribution >= 4 is 41.2 Å². The number of likely N-dealkylation sites (N-methyl/N-ethyl adjacent to an activating group) is 1. The average Bonchev–Trinajstić information content (AvgIpc) is 3.25. The zero-order valence-electron chi connectivity index (χ0n) is 18.3. The first kappa shape index (κ1) is 22.9. The summed E-state index contributed by atoms with van der Waals surface area (Å²) in [6, 6.07) is 14.9. The third-order valence-electron chi connectivity index (χ3n) is 4.89. The molecule has 1 amide bonds. The number of aromatic nitrogens is 1. The van der Waals surface area contributed by atoms with Gasteiger partial charge in [0.15, 0.2) is 28.8 Å². The van der Waals surface area contributed by atoms with Crippen LogP contribution in [-0.4, -0.2) is 41.7 Å². The highest BCUT2D eigenvalue weighted by Crippen LogP contribution is 2.38. The smallest absolute Gasteiger partial charge is 0.277 e. The summed E-state index contributed by atoms with van der Waals surface area (Å²) in [6.07, 6.45) is 0. The number of nitrogens with zero attached hydrogens (tertiary/aromatic N) is 2. The summed E-state index contributed by atoms with van der Waals surface area (Å²) >= 11 is 3.01. The van der Waals surface area contributed by atoms with Crippen molar-refractivity contribution in [2.45, 2.75) is 16.4 Å². The molecule has 8 nitrogen and oxygen atoms in total. The number of rotatable bonds is 8. The van der Waals surface area contributed by atoms with Crippen molar-refractivity contribution in [3.8, 4) is 11.5 Å². The lowest BCUT2D eigenvalue weighted by molar-refractivity contribution is -0.113. The molecular weight excluding hydrogens is 462 g/mol. The molecule has 0 bridgehead atoms. The predicted octanol–water partition coefficient (Wildman–Crippen LogP) is 4.94. The molecule has 1 aliphatic rings. The maximum Gasteiger partial charge on any atom is 0.277 e. The van der Waals surface area contributed by atoms with Gasteiger partial charge < -0.3 is 28.7 Å². The molecule has 2 aromatic carbocycles. The Hall–Kier alpha value is -3.24. The van der Waals surface area contributed by atoms with Gasteiger partial charge in [-0.2, -0.15) is 0 Å². The van der Waals surface area contributed by atoms with Crippen LogP contribution in [0.3, 0.4) is 0 Å². The lowest BCUT2D eigenvalue weighted by Gasteiger charge is -2.27. The third kappa shape index (κ3) is 5.07. The van der Waals surface area contributed by atoms with Gasteiger partial charge in [-0.3, -0.25) is 4.79 Å². The van der Waals surface area contributed by atoms with Crippen LogP contribution >= 0.6 is 23.7 Å². The van der Waals surface area contributed by atoms with Gasteiger partial charge >= 0.3 is 0 Å². The zero-order valence-corrected chi connectivity index (χ0v) is 20.0. The number of amides is 1. The summed E-state index contributed by atoms with van der Waals surface area (Å²) in [7, 11) is 4.94. The van der Waals surface area contributed by atoms with E-state index in [1.807, 2.05) is 36.4 Å². The second-order valence-electron chi connectivity index (χ2n) is 7.10. The van der Waals surface area contributed by atoms with Gasteiger partial charge in [0.2, 0.25) is 0 Å². The molecule has 33 heavy (non-hydrogen) atoms. The van der Waals surface area contributed by atoms with Crippen LogP contribution in [0.2, 0.25) is 0 Å². The second-order valence-corrected chi connectivity index (χ2v) is 9.25. The van der Waals surface area contributed by atoms with Crippen molar-refractivity contribution in [1.29, 1.82) is 0 Å². The Morgan fingerprint density at radius 1 is 1.15 bits per heavy atom. The summed E-state index contributed by atoms with van der Waals surface area (Å²) in [5, 5.41) is 17.3. The summed E-state index contributed by atoms with van der Waals surface area (Å²) in [4.78, 5) is 13.7. The number of benzene rings is 2. The van der Waals surface area contributed by atoms with E-state index >= 15 is 0 Å². The first-order chi connectivity index (χ1) is 16.0. The van der Waals surface area contributed by atoms with Crippen LogP contribution in [0.1, 0.15) is 16.9 Å². The van der Waals surface area contributed by atoms with Gasteiger partial charge in [0.1, 0.15) is 5.76 Å². The highest BCUT2D eigenvalue weighted by molar-refractivity contribution is 7.97. The van der Waals surface area contributed by atoms with Crippen LogP contribution < -0.4 is 14.8 Å². The maximum atomic E-state index is 12.8. The molecule has 2 heterocycles. The van der Waals surface area contributed by atoms with E-state index in [2.05, 4.69) is 10.5 Å². The average molecular weight is 486 g/mol. The molecule has 0 radical (unpaired) electrons. The van der Waals surface area contributed by atoms with Crippen LogP contribution in [0.4, 0.5) is 5.82 Å². The van der Waals surface area contributed by atoms with Crippen LogP contribution in [0, 0.1) is 0 Å². The van der Waals surface area contributed by atoms with E-state index in [4.69, 9.17) is 14.0 Å². The molecule has 0 unspecified atom stereocenters. The Morgan fingerprint density at radius 2 is 1.94 bits per heavy atom. The largest absolute Gasteiger partial charge is 0.505 e. The minimum atomic E-state index is -0.463. The number of anilines is 1. The minimum Gasteiger partial charge on any atom is -0.505 e. The van der Waals surface area contributed by atoms with Gasteiger partial charge in [0.05, 0.1) is 20.0 Å².